The highest BCUT2D eigenvalue weighted by Gasteiger charge is 2.33. The van der Waals surface area contributed by atoms with Crippen molar-refractivity contribution < 1.29 is 14.3 Å². The summed E-state index contributed by atoms with van der Waals surface area (Å²) in [6.07, 6.45) is 2.19. The van der Waals surface area contributed by atoms with E-state index in [1.54, 1.807) is 19.1 Å². The van der Waals surface area contributed by atoms with Crippen molar-refractivity contribution in [3.63, 3.8) is 0 Å². The third kappa shape index (κ3) is 4.74. The summed E-state index contributed by atoms with van der Waals surface area (Å²) in [4.78, 5) is 29.4. The van der Waals surface area contributed by atoms with Gasteiger partial charge in [-0.1, -0.05) is 60.7 Å². The van der Waals surface area contributed by atoms with E-state index in [2.05, 4.69) is 10.3 Å². The minimum Gasteiger partial charge on any atom is -0.452 e. The zero-order valence-corrected chi connectivity index (χ0v) is 16.9. The fourth-order valence-corrected chi connectivity index (χ4v) is 3.53. The molecule has 30 heavy (non-hydrogen) atoms. The van der Waals surface area contributed by atoms with Crippen LogP contribution in [0, 0.1) is 12.8 Å². The van der Waals surface area contributed by atoms with E-state index in [1.807, 2.05) is 60.7 Å². The lowest BCUT2D eigenvalue weighted by Crippen LogP contribution is -2.33. The molecule has 0 spiro atoms. The minimum absolute atomic E-state index is 0.0361. The maximum absolute atomic E-state index is 12.5. The molecule has 1 saturated carbocycles. The Labute approximate surface area is 176 Å². The molecule has 1 aromatic heterocycles. The Morgan fingerprint density at radius 3 is 2.30 bits per heavy atom. The molecule has 1 aliphatic rings. The van der Waals surface area contributed by atoms with Gasteiger partial charge in [0.2, 0.25) is 0 Å². The smallest absolute Gasteiger partial charge is 0.340 e. The van der Waals surface area contributed by atoms with E-state index in [0.29, 0.717) is 17.2 Å². The molecule has 1 fully saturated rings. The maximum Gasteiger partial charge on any atom is 0.340 e. The first kappa shape index (κ1) is 19.8. The molecule has 0 bridgehead atoms. The van der Waals surface area contributed by atoms with Crippen LogP contribution >= 0.6 is 0 Å². The zero-order valence-electron chi connectivity index (χ0n) is 16.9. The number of esters is 1. The first-order chi connectivity index (χ1) is 14.6. The van der Waals surface area contributed by atoms with E-state index in [1.165, 1.54) is 0 Å². The lowest BCUT2D eigenvalue weighted by molar-refractivity contribution is -0.125. The highest BCUT2D eigenvalue weighted by Crippen LogP contribution is 2.40. The molecule has 1 heterocycles. The molecule has 5 nitrogen and oxygen atoms in total. The second-order valence-electron chi connectivity index (χ2n) is 7.56. The predicted molar refractivity (Wildman–Crippen MR) is 115 cm³/mol. The van der Waals surface area contributed by atoms with Gasteiger partial charge >= 0.3 is 5.97 Å². The molecule has 1 atom stereocenters. The summed E-state index contributed by atoms with van der Waals surface area (Å²) in [5.74, 6) is -0.392. The molecule has 152 valence electrons. The number of pyridine rings is 1. The van der Waals surface area contributed by atoms with Crippen LogP contribution in [0.3, 0.4) is 0 Å². The van der Waals surface area contributed by atoms with Crippen molar-refractivity contribution in [2.24, 2.45) is 5.92 Å². The molecule has 4 rings (SSSR count). The molecular formula is C25H24N2O3. The van der Waals surface area contributed by atoms with Crippen molar-refractivity contribution in [3.8, 4) is 11.3 Å². The number of carbonyl (C=O) groups excluding carboxylic acids is 2. The SMILES string of the molecule is Cc1nc(-c2ccccc2)ccc1C(=O)OCC(=O)NC(c1ccccc1)C1CC1. The molecule has 0 saturated heterocycles. The molecule has 0 radical (unpaired) electrons. The first-order valence-corrected chi connectivity index (χ1v) is 10.2. The summed E-state index contributed by atoms with van der Waals surface area (Å²) in [5, 5.41) is 3.02. The van der Waals surface area contributed by atoms with Crippen molar-refractivity contribution in [2.45, 2.75) is 25.8 Å². The Morgan fingerprint density at radius 2 is 1.67 bits per heavy atom. The second kappa shape index (κ2) is 8.91. The van der Waals surface area contributed by atoms with Crippen LogP contribution < -0.4 is 5.32 Å². The number of aromatic nitrogens is 1. The van der Waals surface area contributed by atoms with Crippen molar-refractivity contribution in [2.75, 3.05) is 6.61 Å². The second-order valence-corrected chi connectivity index (χ2v) is 7.56. The average molecular weight is 400 g/mol. The van der Waals surface area contributed by atoms with Gasteiger partial charge < -0.3 is 10.1 Å². The summed E-state index contributed by atoms with van der Waals surface area (Å²) >= 11 is 0. The normalized spacial score (nSPS) is 14.0. The quantitative estimate of drug-likeness (QED) is 0.594. The van der Waals surface area contributed by atoms with Gasteiger partial charge in [-0.2, -0.15) is 0 Å². The van der Waals surface area contributed by atoms with Gasteiger partial charge in [0.15, 0.2) is 6.61 Å². The van der Waals surface area contributed by atoms with Gasteiger partial charge in [-0.3, -0.25) is 9.78 Å². The lowest BCUT2D eigenvalue weighted by Gasteiger charge is -2.18. The Balaban J connectivity index is 1.36. The maximum atomic E-state index is 12.5. The number of rotatable bonds is 7. The van der Waals surface area contributed by atoms with E-state index in [0.717, 1.165) is 29.7 Å². The number of nitrogens with one attached hydrogen (secondary N) is 1. The van der Waals surface area contributed by atoms with Crippen LogP contribution in [0.5, 0.6) is 0 Å². The van der Waals surface area contributed by atoms with Crippen LogP contribution in [0.15, 0.2) is 72.8 Å². The number of nitrogens with zero attached hydrogens (tertiary/aromatic N) is 1. The Morgan fingerprint density at radius 1 is 1.00 bits per heavy atom. The third-order valence-corrected chi connectivity index (χ3v) is 5.28. The molecule has 1 unspecified atom stereocenters. The molecule has 0 aliphatic heterocycles. The number of hydrogen-bond donors (Lipinski definition) is 1. The summed E-state index contributed by atoms with van der Waals surface area (Å²) in [6.45, 7) is 1.45. The van der Waals surface area contributed by atoms with E-state index >= 15 is 0 Å². The Hall–Kier alpha value is -3.47. The van der Waals surface area contributed by atoms with Crippen LogP contribution in [-0.4, -0.2) is 23.5 Å². The van der Waals surface area contributed by atoms with Gasteiger partial charge in [0.05, 0.1) is 23.0 Å². The van der Waals surface area contributed by atoms with E-state index in [-0.39, 0.29) is 18.6 Å². The van der Waals surface area contributed by atoms with Crippen molar-refractivity contribution in [1.29, 1.82) is 0 Å². The molecule has 1 amide bonds. The minimum atomic E-state index is -0.544. The fourth-order valence-electron chi connectivity index (χ4n) is 3.53. The summed E-state index contributed by atoms with van der Waals surface area (Å²) < 4.78 is 5.26. The zero-order chi connectivity index (χ0) is 20.9. The highest BCUT2D eigenvalue weighted by atomic mass is 16.5. The van der Waals surface area contributed by atoms with Crippen molar-refractivity contribution >= 4 is 11.9 Å². The Bertz CT molecular complexity index is 1030. The molecule has 3 aromatic rings. The first-order valence-electron chi connectivity index (χ1n) is 10.2. The summed E-state index contributed by atoms with van der Waals surface area (Å²) in [6, 6.07) is 23.1. The molecule has 2 aromatic carbocycles. The van der Waals surface area contributed by atoms with Gasteiger partial charge in [0.25, 0.3) is 5.91 Å². The number of ether oxygens (including phenoxy) is 1. The fraction of sp³-hybridized carbons (Fsp3) is 0.240. The topological polar surface area (TPSA) is 68.3 Å². The van der Waals surface area contributed by atoms with E-state index in [4.69, 9.17) is 4.74 Å². The lowest BCUT2D eigenvalue weighted by atomic mass is 10.0. The van der Waals surface area contributed by atoms with Gasteiger partial charge in [0.1, 0.15) is 0 Å². The number of carbonyl (C=O) groups is 2. The third-order valence-electron chi connectivity index (χ3n) is 5.28. The van der Waals surface area contributed by atoms with Gasteiger partial charge in [-0.05, 0) is 43.4 Å². The van der Waals surface area contributed by atoms with Gasteiger partial charge in [-0.15, -0.1) is 0 Å². The van der Waals surface area contributed by atoms with Crippen molar-refractivity contribution in [1.82, 2.24) is 10.3 Å². The number of benzene rings is 2. The largest absolute Gasteiger partial charge is 0.452 e. The van der Waals surface area contributed by atoms with E-state index in [9.17, 15) is 9.59 Å². The van der Waals surface area contributed by atoms with E-state index < -0.39 is 5.97 Å². The molecule has 1 aliphatic carbocycles. The predicted octanol–water partition coefficient (Wildman–Crippen LogP) is 4.48. The van der Waals surface area contributed by atoms with Crippen LogP contribution in [-0.2, 0) is 9.53 Å². The van der Waals surface area contributed by atoms with Crippen LogP contribution in [0.2, 0.25) is 0 Å². The van der Waals surface area contributed by atoms with Crippen LogP contribution in [0.4, 0.5) is 0 Å². The van der Waals surface area contributed by atoms with Crippen molar-refractivity contribution in [3.05, 3.63) is 89.6 Å². The molecular weight excluding hydrogens is 376 g/mol. The molecule has 5 heteroatoms. The molecule has 1 N–H and O–H groups in total. The van der Waals surface area contributed by atoms with Gasteiger partial charge in [0, 0.05) is 5.56 Å². The number of aryl methyl sites for hydroxylation is 1. The summed E-state index contributed by atoms with van der Waals surface area (Å²) in [7, 11) is 0. The monoisotopic (exact) mass is 400 g/mol. The summed E-state index contributed by atoms with van der Waals surface area (Å²) in [5.41, 5.74) is 3.78. The number of hydrogen-bond acceptors (Lipinski definition) is 4. The highest BCUT2D eigenvalue weighted by molar-refractivity contribution is 5.92. The van der Waals surface area contributed by atoms with Crippen LogP contribution in [0.25, 0.3) is 11.3 Å². The van der Waals surface area contributed by atoms with Crippen LogP contribution in [0.1, 0.15) is 40.5 Å². The standard InChI is InChI=1S/C25H24N2O3/c1-17-21(14-15-22(26-17)18-8-4-2-5-9-18)25(29)30-16-23(28)27-24(20-12-13-20)19-10-6-3-7-11-19/h2-11,14-15,20,24H,12-13,16H2,1H3,(H,27,28). The van der Waals surface area contributed by atoms with Gasteiger partial charge in [-0.25, -0.2) is 4.79 Å². The number of amides is 1. The Kier molecular flexibility index (Phi) is 5.89. The average Bonchev–Trinajstić information content (AvgIpc) is 3.62.